The number of anilines is 1. The summed E-state index contributed by atoms with van der Waals surface area (Å²) in [4.78, 5) is 25.6. The number of aromatic carboxylic acids is 1. The first kappa shape index (κ1) is 14.2. The number of carboxylic acid groups (broad SMARTS) is 1. The van der Waals surface area contributed by atoms with E-state index in [9.17, 15) is 14.0 Å². The standard InChI is InChI=1S/C16H13FN2O3/c17-12-4-2-6-14(10-12)19-8-7-18(16(19)22)13-5-1-3-11(9-13)15(20)21/h1-6,9-10H,7-8H2,(H,20,21)/p+1. The van der Waals surface area contributed by atoms with Crippen LogP contribution in [0.15, 0.2) is 48.5 Å². The zero-order chi connectivity index (χ0) is 15.7. The van der Waals surface area contributed by atoms with Gasteiger partial charge in [0, 0.05) is 6.07 Å². The summed E-state index contributed by atoms with van der Waals surface area (Å²) >= 11 is 0. The molecule has 1 fully saturated rings. The van der Waals surface area contributed by atoms with E-state index in [4.69, 9.17) is 5.11 Å². The summed E-state index contributed by atoms with van der Waals surface area (Å²) in [5.41, 5.74) is 1.24. The summed E-state index contributed by atoms with van der Waals surface area (Å²) in [6, 6.07) is 12.0. The molecular weight excluding hydrogens is 287 g/mol. The Kier molecular flexibility index (Phi) is 3.60. The Labute approximate surface area is 126 Å². The summed E-state index contributed by atoms with van der Waals surface area (Å²) in [6.45, 7) is 0.952. The molecular formula is C16H14FN2O3+. The highest BCUT2D eigenvalue weighted by Crippen LogP contribution is 2.18. The molecule has 0 aliphatic carbocycles. The highest BCUT2D eigenvalue weighted by atomic mass is 19.1. The molecule has 2 aromatic rings. The normalized spacial score (nSPS) is 17.8. The number of hydrogen-bond donors (Lipinski definition) is 2. The maximum absolute atomic E-state index is 13.3. The lowest BCUT2D eigenvalue weighted by molar-refractivity contribution is -0.729. The molecule has 1 heterocycles. The van der Waals surface area contributed by atoms with E-state index in [0.717, 1.165) is 0 Å². The van der Waals surface area contributed by atoms with Crippen molar-refractivity contribution < 1.29 is 24.0 Å². The molecule has 0 saturated carbocycles. The lowest BCUT2D eigenvalue weighted by Gasteiger charge is -2.14. The van der Waals surface area contributed by atoms with Crippen molar-refractivity contribution in [2.24, 2.45) is 0 Å². The van der Waals surface area contributed by atoms with Crippen molar-refractivity contribution in [2.45, 2.75) is 0 Å². The van der Waals surface area contributed by atoms with Gasteiger partial charge in [0.05, 0.1) is 17.8 Å². The maximum atomic E-state index is 13.3. The zero-order valence-corrected chi connectivity index (χ0v) is 11.6. The molecule has 0 aromatic heterocycles. The third kappa shape index (κ3) is 2.56. The molecule has 112 valence electrons. The van der Waals surface area contributed by atoms with Crippen LogP contribution in [-0.4, -0.2) is 30.2 Å². The molecule has 0 spiro atoms. The third-order valence-electron chi connectivity index (χ3n) is 3.67. The van der Waals surface area contributed by atoms with Gasteiger partial charge < -0.3 is 5.11 Å². The number of carboxylic acids is 1. The van der Waals surface area contributed by atoms with Crippen molar-refractivity contribution in [3.05, 3.63) is 59.9 Å². The highest BCUT2D eigenvalue weighted by Gasteiger charge is 2.36. The number of nitrogens with zero attached hydrogens (tertiary/aromatic N) is 1. The number of carbonyl (C=O) groups excluding carboxylic acids is 1. The van der Waals surface area contributed by atoms with Gasteiger partial charge in [0.25, 0.3) is 0 Å². The van der Waals surface area contributed by atoms with Gasteiger partial charge in [-0.2, -0.15) is 0 Å². The lowest BCUT2D eigenvalue weighted by atomic mass is 10.2. The Morgan fingerprint density at radius 3 is 2.68 bits per heavy atom. The summed E-state index contributed by atoms with van der Waals surface area (Å²) < 4.78 is 13.3. The number of quaternary nitrogens is 1. The van der Waals surface area contributed by atoms with Crippen molar-refractivity contribution >= 4 is 23.4 Å². The van der Waals surface area contributed by atoms with E-state index in [0.29, 0.717) is 29.4 Å². The zero-order valence-electron chi connectivity index (χ0n) is 11.6. The van der Waals surface area contributed by atoms with E-state index in [1.165, 1.54) is 29.2 Å². The van der Waals surface area contributed by atoms with E-state index in [2.05, 4.69) is 0 Å². The Hall–Kier alpha value is -2.73. The summed E-state index contributed by atoms with van der Waals surface area (Å²) in [6.07, 6.45) is 0. The third-order valence-corrected chi connectivity index (χ3v) is 3.67. The molecule has 0 bridgehead atoms. The molecule has 22 heavy (non-hydrogen) atoms. The van der Waals surface area contributed by atoms with Crippen LogP contribution in [0.25, 0.3) is 0 Å². The second-order valence-electron chi connectivity index (χ2n) is 5.05. The molecule has 1 saturated heterocycles. The Morgan fingerprint density at radius 2 is 1.95 bits per heavy atom. The van der Waals surface area contributed by atoms with E-state index >= 15 is 0 Å². The largest absolute Gasteiger partial charge is 0.478 e. The van der Waals surface area contributed by atoms with E-state index < -0.39 is 5.97 Å². The number of halogens is 1. The first-order valence-electron chi connectivity index (χ1n) is 6.83. The van der Waals surface area contributed by atoms with Crippen LogP contribution in [0, 0.1) is 5.82 Å². The number of benzene rings is 2. The van der Waals surface area contributed by atoms with Gasteiger partial charge >= 0.3 is 12.0 Å². The topological polar surface area (TPSA) is 62.0 Å². The molecule has 3 rings (SSSR count). The van der Waals surface area contributed by atoms with Crippen LogP contribution in [-0.2, 0) is 0 Å². The summed E-state index contributed by atoms with van der Waals surface area (Å²) in [5, 5.41) is 9.03. The summed E-state index contributed by atoms with van der Waals surface area (Å²) in [5.74, 6) is -1.42. The van der Waals surface area contributed by atoms with Gasteiger partial charge in [0.15, 0.2) is 0 Å². The van der Waals surface area contributed by atoms with Crippen LogP contribution in [0.3, 0.4) is 0 Å². The molecule has 2 N–H and O–H groups in total. The van der Waals surface area contributed by atoms with Crippen molar-refractivity contribution in [2.75, 3.05) is 18.0 Å². The quantitative estimate of drug-likeness (QED) is 0.907. The predicted octanol–water partition coefficient (Wildman–Crippen LogP) is 1.68. The fourth-order valence-corrected chi connectivity index (χ4v) is 2.59. The van der Waals surface area contributed by atoms with Crippen LogP contribution in [0.1, 0.15) is 10.4 Å². The van der Waals surface area contributed by atoms with E-state index in [-0.39, 0.29) is 17.4 Å². The number of rotatable bonds is 3. The Bertz CT molecular complexity index is 748. The monoisotopic (exact) mass is 301 g/mol. The number of hydrogen-bond acceptors (Lipinski definition) is 2. The van der Waals surface area contributed by atoms with Crippen LogP contribution in [0.2, 0.25) is 0 Å². The molecule has 6 heteroatoms. The second kappa shape index (κ2) is 5.57. The van der Waals surface area contributed by atoms with Gasteiger partial charge in [-0.25, -0.2) is 18.9 Å². The lowest BCUT2D eigenvalue weighted by Crippen LogP contribution is -3.08. The SMILES string of the molecule is O=C(O)c1cccc(N2CC[NH+](c3cccc(F)c3)C2=O)c1. The van der Waals surface area contributed by atoms with Gasteiger partial charge in [-0.05, 0) is 30.3 Å². The summed E-state index contributed by atoms with van der Waals surface area (Å²) in [7, 11) is 0. The fraction of sp³-hybridized carbons (Fsp3) is 0.125. The first-order valence-corrected chi connectivity index (χ1v) is 6.83. The number of urea groups is 1. The number of nitrogens with one attached hydrogen (secondary N) is 1. The molecule has 0 radical (unpaired) electrons. The van der Waals surface area contributed by atoms with Gasteiger partial charge in [0.1, 0.15) is 18.0 Å². The first-order chi connectivity index (χ1) is 10.6. The van der Waals surface area contributed by atoms with Crippen molar-refractivity contribution in [1.29, 1.82) is 0 Å². The molecule has 1 unspecified atom stereocenters. The van der Waals surface area contributed by atoms with Crippen LogP contribution in [0.4, 0.5) is 20.6 Å². The molecule has 1 atom stereocenters. The smallest absolute Gasteiger partial charge is 0.427 e. The molecule has 1 aliphatic heterocycles. The van der Waals surface area contributed by atoms with Gasteiger partial charge in [-0.3, -0.25) is 4.90 Å². The van der Waals surface area contributed by atoms with Gasteiger partial charge in [-0.15, -0.1) is 0 Å². The van der Waals surface area contributed by atoms with Crippen molar-refractivity contribution in [3.63, 3.8) is 0 Å². The molecule has 2 amide bonds. The average Bonchev–Trinajstić information content (AvgIpc) is 2.89. The van der Waals surface area contributed by atoms with Crippen LogP contribution < -0.4 is 9.80 Å². The van der Waals surface area contributed by atoms with Crippen molar-refractivity contribution in [1.82, 2.24) is 0 Å². The minimum atomic E-state index is -1.04. The number of carbonyl (C=O) groups is 2. The maximum Gasteiger partial charge on any atom is 0.427 e. The van der Waals surface area contributed by atoms with Crippen molar-refractivity contribution in [3.8, 4) is 0 Å². The Balaban J connectivity index is 1.88. The molecule has 5 nitrogen and oxygen atoms in total. The average molecular weight is 301 g/mol. The molecule has 1 aliphatic rings. The van der Waals surface area contributed by atoms with Crippen LogP contribution in [0.5, 0.6) is 0 Å². The van der Waals surface area contributed by atoms with Gasteiger partial charge in [-0.1, -0.05) is 12.1 Å². The predicted molar refractivity (Wildman–Crippen MR) is 78.0 cm³/mol. The second-order valence-corrected chi connectivity index (χ2v) is 5.05. The fourth-order valence-electron chi connectivity index (χ4n) is 2.59. The number of amides is 2. The van der Waals surface area contributed by atoms with E-state index in [1.807, 2.05) is 0 Å². The Morgan fingerprint density at radius 1 is 1.18 bits per heavy atom. The van der Waals surface area contributed by atoms with Crippen LogP contribution >= 0.6 is 0 Å². The van der Waals surface area contributed by atoms with Gasteiger partial charge in [0.2, 0.25) is 0 Å². The highest BCUT2D eigenvalue weighted by molar-refractivity contribution is 5.93. The minimum Gasteiger partial charge on any atom is -0.478 e. The molecule has 2 aromatic carbocycles. The minimum absolute atomic E-state index is 0.129. The van der Waals surface area contributed by atoms with E-state index in [1.54, 1.807) is 24.3 Å².